The van der Waals surface area contributed by atoms with Crippen LogP contribution in [0.1, 0.15) is 30.9 Å². The number of hydrogen-bond acceptors (Lipinski definition) is 2. The van der Waals surface area contributed by atoms with Crippen LogP contribution in [0.4, 0.5) is 0 Å². The normalized spacial score (nSPS) is 19.3. The molecule has 1 fully saturated rings. The van der Waals surface area contributed by atoms with E-state index < -0.39 is 5.79 Å². The van der Waals surface area contributed by atoms with Crippen LogP contribution >= 0.6 is 0 Å². The van der Waals surface area contributed by atoms with E-state index in [-0.39, 0.29) is 0 Å². The third-order valence-electron chi connectivity index (χ3n) is 2.82. The van der Waals surface area contributed by atoms with Gasteiger partial charge in [0, 0.05) is 12.0 Å². The number of benzene rings is 1. The average molecular weight is 206 g/mol. The van der Waals surface area contributed by atoms with Crippen LogP contribution in [0.3, 0.4) is 0 Å². The largest absolute Gasteiger partial charge is 0.343 e. The molecule has 2 nitrogen and oxygen atoms in total. The first-order valence-corrected chi connectivity index (χ1v) is 5.62. The lowest BCUT2D eigenvalue weighted by molar-refractivity contribution is -0.170. The Labute approximate surface area is 91.2 Å². The number of hydrogen-bond donors (Lipinski definition) is 0. The molecule has 1 heterocycles. The summed E-state index contributed by atoms with van der Waals surface area (Å²) in [6.07, 6.45) is 1.99. The third-order valence-corrected chi connectivity index (χ3v) is 2.82. The van der Waals surface area contributed by atoms with Crippen molar-refractivity contribution in [2.24, 2.45) is 0 Å². The van der Waals surface area contributed by atoms with E-state index in [1.807, 2.05) is 0 Å². The molecule has 0 unspecified atom stereocenters. The maximum atomic E-state index is 5.78. The standard InChI is InChI=1S/C13H18O2/c1-3-8-13(14-9-10-15-13)12-6-4-11(2)5-7-12/h4-7H,3,8-10H2,1-2H3. The second kappa shape index (κ2) is 4.33. The summed E-state index contributed by atoms with van der Waals surface area (Å²) in [7, 11) is 0. The molecule has 0 saturated carbocycles. The zero-order chi connectivity index (χ0) is 10.7. The van der Waals surface area contributed by atoms with Gasteiger partial charge in [0.25, 0.3) is 0 Å². The Morgan fingerprint density at radius 2 is 1.73 bits per heavy atom. The molecule has 1 saturated heterocycles. The maximum Gasteiger partial charge on any atom is 0.194 e. The summed E-state index contributed by atoms with van der Waals surface area (Å²) in [4.78, 5) is 0. The molecule has 0 bridgehead atoms. The van der Waals surface area contributed by atoms with Crippen molar-refractivity contribution in [3.05, 3.63) is 35.4 Å². The van der Waals surface area contributed by atoms with Gasteiger partial charge in [-0.05, 0) is 6.92 Å². The van der Waals surface area contributed by atoms with Crippen LogP contribution in [0.5, 0.6) is 0 Å². The van der Waals surface area contributed by atoms with Crippen LogP contribution in [0.2, 0.25) is 0 Å². The molecule has 1 aliphatic rings. The highest BCUT2D eigenvalue weighted by Gasteiger charge is 2.37. The van der Waals surface area contributed by atoms with Crippen LogP contribution in [0.15, 0.2) is 24.3 Å². The van der Waals surface area contributed by atoms with Gasteiger partial charge in [-0.3, -0.25) is 0 Å². The minimum absolute atomic E-state index is 0.470. The van der Waals surface area contributed by atoms with E-state index in [4.69, 9.17) is 9.47 Å². The van der Waals surface area contributed by atoms with Gasteiger partial charge in [-0.25, -0.2) is 0 Å². The zero-order valence-electron chi connectivity index (χ0n) is 9.45. The number of ether oxygens (including phenoxy) is 2. The summed E-state index contributed by atoms with van der Waals surface area (Å²) in [5.41, 5.74) is 2.41. The lowest BCUT2D eigenvalue weighted by Gasteiger charge is -2.27. The lowest BCUT2D eigenvalue weighted by atomic mass is 10.00. The van der Waals surface area contributed by atoms with Crippen molar-refractivity contribution >= 4 is 0 Å². The van der Waals surface area contributed by atoms with E-state index in [2.05, 4.69) is 38.1 Å². The highest BCUT2D eigenvalue weighted by Crippen LogP contribution is 2.35. The summed E-state index contributed by atoms with van der Waals surface area (Å²) in [5.74, 6) is -0.470. The molecule has 0 radical (unpaired) electrons. The number of aryl methyl sites for hydroxylation is 1. The molecule has 2 heteroatoms. The molecule has 0 aliphatic carbocycles. The third kappa shape index (κ3) is 2.06. The average Bonchev–Trinajstić information content (AvgIpc) is 2.69. The summed E-state index contributed by atoms with van der Waals surface area (Å²) < 4.78 is 11.6. The Bertz CT molecular complexity index is 310. The van der Waals surface area contributed by atoms with E-state index in [0.717, 1.165) is 18.4 Å². The highest BCUT2D eigenvalue weighted by molar-refractivity contribution is 5.25. The molecule has 1 aromatic rings. The molecule has 1 aromatic carbocycles. The fourth-order valence-corrected chi connectivity index (χ4v) is 2.05. The minimum Gasteiger partial charge on any atom is -0.343 e. The van der Waals surface area contributed by atoms with Gasteiger partial charge in [0.1, 0.15) is 0 Å². The second-order valence-electron chi connectivity index (χ2n) is 4.07. The van der Waals surface area contributed by atoms with Crippen molar-refractivity contribution < 1.29 is 9.47 Å². The van der Waals surface area contributed by atoms with Crippen LogP contribution in [-0.4, -0.2) is 13.2 Å². The minimum atomic E-state index is -0.470. The Morgan fingerprint density at radius 3 is 2.27 bits per heavy atom. The van der Waals surface area contributed by atoms with Gasteiger partial charge in [-0.15, -0.1) is 0 Å². The lowest BCUT2D eigenvalue weighted by Crippen LogP contribution is -2.26. The van der Waals surface area contributed by atoms with Gasteiger partial charge in [0.2, 0.25) is 0 Å². The first-order chi connectivity index (χ1) is 7.27. The summed E-state index contributed by atoms with van der Waals surface area (Å²) in [6, 6.07) is 8.43. The van der Waals surface area contributed by atoms with Crippen molar-refractivity contribution in [2.75, 3.05) is 13.2 Å². The molecule has 2 rings (SSSR count). The van der Waals surface area contributed by atoms with E-state index in [1.165, 1.54) is 5.56 Å². The van der Waals surface area contributed by atoms with Gasteiger partial charge >= 0.3 is 0 Å². The zero-order valence-corrected chi connectivity index (χ0v) is 9.45. The molecule has 0 aromatic heterocycles. The SMILES string of the molecule is CCCC1(c2ccc(C)cc2)OCCO1. The van der Waals surface area contributed by atoms with Crippen molar-refractivity contribution in [1.29, 1.82) is 0 Å². The van der Waals surface area contributed by atoms with Crippen LogP contribution in [0, 0.1) is 6.92 Å². The highest BCUT2D eigenvalue weighted by atomic mass is 16.7. The molecular weight excluding hydrogens is 188 g/mol. The van der Waals surface area contributed by atoms with E-state index in [1.54, 1.807) is 0 Å². The quantitative estimate of drug-likeness (QED) is 0.757. The van der Waals surface area contributed by atoms with Crippen LogP contribution < -0.4 is 0 Å². The van der Waals surface area contributed by atoms with Gasteiger partial charge in [0.15, 0.2) is 5.79 Å². The molecule has 0 spiro atoms. The fourth-order valence-electron chi connectivity index (χ4n) is 2.05. The maximum absolute atomic E-state index is 5.78. The van der Waals surface area contributed by atoms with Gasteiger partial charge in [-0.1, -0.05) is 43.2 Å². The van der Waals surface area contributed by atoms with Gasteiger partial charge < -0.3 is 9.47 Å². The predicted molar refractivity (Wildman–Crippen MR) is 59.7 cm³/mol. The fraction of sp³-hybridized carbons (Fsp3) is 0.538. The Morgan fingerprint density at radius 1 is 1.13 bits per heavy atom. The Hall–Kier alpha value is -0.860. The molecule has 15 heavy (non-hydrogen) atoms. The second-order valence-corrected chi connectivity index (χ2v) is 4.07. The van der Waals surface area contributed by atoms with Crippen molar-refractivity contribution in [1.82, 2.24) is 0 Å². The summed E-state index contributed by atoms with van der Waals surface area (Å²) in [6.45, 7) is 5.65. The molecular formula is C13H18O2. The van der Waals surface area contributed by atoms with Gasteiger partial charge in [0.05, 0.1) is 13.2 Å². The van der Waals surface area contributed by atoms with Crippen LogP contribution in [-0.2, 0) is 15.3 Å². The Kier molecular flexibility index (Phi) is 3.08. The monoisotopic (exact) mass is 206 g/mol. The first kappa shape index (κ1) is 10.7. The molecule has 0 amide bonds. The van der Waals surface area contributed by atoms with Crippen molar-refractivity contribution in [3.8, 4) is 0 Å². The van der Waals surface area contributed by atoms with Gasteiger partial charge in [-0.2, -0.15) is 0 Å². The van der Waals surface area contributed by atoms with E-state index >= 15 is 0 Å². The first-order valence-electron chi connectivity index (χ1n) is 5.62. The van der Waals surface area contributed by atoms with Crippen LogP contribution in [0.25, 0.3) is 0 Å². The topological polar surface area (TPSA) is 18.5 Å². The van der Waals surface area contributed by atoms with Crippen molar-refractivity contribution in [3.63, 3.8) is 0 Å². The summed E-state index contributed by atoms with van der Waals surface area (Å²) >= 11 is 0. The molecule has 82 valence electrons. The molecule has 0 atom stereocenters. The van der Waals surface area contributed by atoms with E-state index in [9.17, 15) is 0 Å². The Balaban J connectivity index is 2.28. The molecule has 0 N–H and O–H groups in total. The van der Waals surface area contributed by atoms with Crippen molar-refractivity contribution in [2.45, 2.75) is 32.5 Å². The summed E-state index contributed by atoms with van der Waals surface area (Å²) in [5, 5.41) is 0. The smallest absolute Gasteiger partial charge is 0.194 e. The number of rotatable bonds is 3. The predicted octanol–water partition coefficient (Wildman–Crippen LogP) is 2.99. The van der Waals surface area contributed by atoms with E-state index in [0.29, 0.717) is 13.2 Å². The molecule has 1 aliphatic heterocycles.